The van der Waals surface area contributed by atoms with Crippen molar-refractivity contribution in [2.75, 3.05) is 17.2 Å². The Morgan fingerprint density at radius 2 is 2.20 bits per heavy atom. The molecule has 3 N–H and O–H groups in total. The number of nitrogens with zero attached hydrogens (tertiary/aromatic N) is 1. The summed E-state index contributed by atoms with van der Waals surface area (Å²) < 4.78 is 0. The fraction of sp³-hybridized carbons (Fsp3) is 0.364. The molecular formula is C11H15N3O. The average molecular weight is 205 g/mol. The number of urea groups is 1. The van der Waals surface area contributed by atoms with Gasteiger partial charge < -0.3 is 11.1 Å². The number of anilines is 2. The first-order chi connectivity index (χ1) is 7.00. The molecule has 0 saturated carbocycles. The number of hydrogen-bond acceptors (Lipinski definition) is 2. The van der Waals surface area contributed by atoms with Crippen LogP contribution in [0.4, 0.5) is 16.2 Å². The maximum Gasteiger partial charge on any atom is 0.322 e. The maximum absolute atomic E-state index is 11.7. The summed E-state index contributed by atoms with van der Waals surface area (Å²) in [5, 5.41) is 2.82. The monoisotopic (exact) mass is 205 g/mol. The second kappa shape index (κ2) is 3.15. The maximum atomic E-state index is 11.7. The Morgan fingerprint density at radius 3 is 2.73 bits per heavy atom. The number of nitrogen functional groups attached to an aromatic ring is 1. The van der Waals surface area contributed by atoms with E-state index in [9.17, 15) is 4.79 Å². The summed E-state index contributed by atoms with van der Waals surface area (Å²) in [5.74, 6) is 0. The molecule has 4 heteroatoms. The quantitative estimate of drug-likeness (QED) is 0.684. The van der Waals surface area contributed by atoms with E-state index in [1.165, 1.54) is 0 Å². The van der Waals surface area contributed by atoms with E-state index >= 15 is 0 Å². The van der Waals surface area contributed by atoms with Crippen LogP contribution in [-0.4, -0.2) is 18.1 Å². The largest absolute Gasteiger partial charge is 0.399 e. The molecule has 1 aromatic rings. The lowest BCUT2D eigenvalue weighted by Crippen LogP contribution is -2.42. The lowest BCUT2D eigenvalue weighted by Gasteiger charge is -2.29. The molecule has 1 aliphatic heterocycles. The molecule has 2 rings (SSSR count). The molecule has 0 aromatic heterocycles. The van der Waals surface area contributed by atoms with Crippen molar-refractivity contribution in [1.29, 1.82) is 0 Å². The summed E-state index contributed by atoms with van der Waals surface area (Å²) in [6, 6.07) is 7.30. The molecule has 2 amide bonds. The van der Waals surface area contributed by atoms with Crippen molar-refractivity contribution in [2.45, 2.75) is 19.4 Å². The van der Waals surface area contributed by atoms with E-state index in [1.807, 2.05) is 38.1 Å². The minimum Gasteiger partial charge on any atom is -0.399 e. The molecule has 0 unspecified atom stereocenters. The number of nitrogens with one attached hydrogen (secondary N) is 1. The zero-order chi connectivity index (χ0) is 11.1. The van der Waals surface area contributed by atoms with Crippen LogP contribution >= 0.6 is 0 Å². The molecule has 80 valence electrons. The van der Waals surface area contributed by atoms with Crippen LogP contribution in [0, 0.1) is 0 Å². The van der Waals surface area contributed by atoms with Crippen molar-refractivity contribution in [2.24, 2.45) is 0 Å². The van der Waals surface area contributed by atoms with E-state index < -0.39 is 0 Å². The van der Waals surface area contributed by atoms with Crippen LogP contribution in [0.1, 0.15) is 13.8 Å². The van der Waals surface area contributed by atoms with Crippen LogP contribution in [0.25, 0.3) is 0 Å². The van der Waals surface area contributed by atoms with Gasteiger partial charge in [-0.15, -0.1) is 0 Å². The third-order valence-corrected chi connectivity index (χ3v) is 2.61. The number of carbonyl (C=O) groups is 1. The Labute approximate surface area is 89.1 Å². The molecule has 1 aromatic carbocycles. The lowest BCUT2D eigenvalue weighted by atomic mass is 10.0. The van der Waals surface area contributed by atoms with E-state index in [1.54, 1.807) is 4.90 Å². The topological polar surface area (TPSA) is 58.4 Å². The van der Waals surface area contributed by atoms with Crippen molar-refractivity contribution in [3.05, 3.63) is 24.3 Å². The average Bonchev–Trinajstić information content (AvgIpc) is 2.40. The lowest BCUT2D eigenvalue weighted by molar-refractivity contribution is 0.251. The molecule has 4 nitrogen and oxygen atoms in total. The van der Waals surface area contributed by atoms with Gasteiger partial charge in [-0.05, 0) is 32.0 Å². The van der Waals surface area contributed by atoms with Crippen LogP contribution < -0.4 is 16.0 Å². The van der Waals surface area contributed by atoms with Gasteiger partial charge in [-0.2, -0.15) is 0 Å². The van der Waals surface area contributed by atoms with E-state index in [4.69, 9.17) is 5.73 Å². The minimum absolute atomic E-state index is 0.0643. The Hall–Kier alpha value is -1.71. The molecule has 0 aliphatic carbocycles. The van der Waals surface area contributed by atoms with Gasteiger partial charge in [0.25, 0.3) is 0 Å². The molecular weight excluding hydrogens is 190 g/mol. The predicted octanol–water partition coefficient (Wildman–Crippen LogP) is 1.58. The molecule has 0 spiro atoms. The Bertz CT molecular complexity index is 401. The fourth-order valence-corrected chi connectivity index (χ4v) is 1.86. The van der Waals surface area contributed by atoms with Crippen LogP contribution in [0.5, 0.6) is 0 Å². The van der Waals surface area contributed by atoms with Crippen molar-refractivity contribution < 1.29 is 4.79 Å². The highest BCUT2D eigenvalue weighted by Gasteiger charge is 2.38. The highest BCUT2D eigenvalue weighted by atomic mass is 16.2. The second-order valence-corrected chi connectivity index (χ2v) is 4.40. The zero-order valence-corrected chi connectivity index (χ0v) is 8.95. The van der Waals surface area contributed by atoms with Crippen LogP contribution in [-0.2, 0) is 0 Å². The summed E-state index contributed by atoms with van der Waals surface area (Å²) in [6.45, 7) is 4.70. The SMILES string of the molecule is CC1(C)CNC(=O)N1c1cccc(N)c1. The first kappa shape index (κ1) is 9.83. The number of hydrogen-bond donors (Lipinski definition) is 2. The highest BCUT2D eigenvalue weighted by Crippen LogP contribution is 2.28. The summed E-state index contributed by atoms with van der Waals surface area (Å²) in [7, 11) is 0. The van der Waals surface area contributed by atoms with Crippen LogP contribution in [0.2, 0.25) is 0 Å². The number of benzene rings is 1. The first-order valence-corrected chi connectivity index (χ1v) is 4.94. The third kappa shape index (κ3) is 1.63. The zero-order valence-electron chi connectivity index (χ0n) is 8.95. The number of nitrogens with two attached hydrogens (primary N) is 1. The molecule has 1 aliphatic rings. The summed E-state index contributed by atoms with van der Waals surface area (Å²) in [6.07, 6.45) is 0. The third-order valence-electron chi connectivity index (χ3n) is 2.61. The molecule has 1 heterocycles. The molecule has 0 radical (unpaired) electrons. The van der Waals surface area contributed by atoms with Gasteiger partial charge in [-0.25, -0.2) is 4.79 Å². The molecule has 0 bridgehead atoms. The van der Waals surface area contributed by atoms with Gasteiger partial charge in [0.05, 0.1) is 5.54 Å². The normalized spacial score (nSPS) is 19.1. The van der Waals surface area contributed by atoms with Gasteiger partial charge in [-0.1, -0.05) is 6.07 Å². The van der Waals surface area contributed by atoms with Crippen molar-refractivity contribution in [3.63, 3.8) is 0 Å². The summed E-state index contributed by atoms with van der Waals surface area (Å²) in [4.78, 5) is 13.4. The summed E-state index contributed by atoms with van der Waals surface area (Å²) >= 11 is 0. The van der Waals surface area contributed by atoms with Crippen LogP contribution in [0.15, 0.2) is 24.3 Å². The van der Waals surface area contributed by atoms with Crippen molar-refractivity contribution in [1.82, 2.24) is 5.32 Å². The Kier molecular flexibility index (Phi) is 2.07. The van der Waals surface area contributed by atoms with Gasteiger partial charge in [0, 0.05) is 17.9 Å². The van der Waals surface area contributed by atoms with Crippen molar-refractivity contribution in [3.8, 4) is 0 Å². The number of rotatable bonds is 1. The van der Waals surface area contributed by atoms with E-state index in [-0.39, 0.29) is 11.6 Å². The second-order valence-electron chi connectivity index (χ2n) is 4.40. The van der Waals surface area contributed by atoms with Gasteiger partial charge in [0.1, 0.15) is 0 Å². The van der Waals surface area contributed by atoms with Gasteiger partial charge >= 0.3 is 6.03 Å². The van der Waals surface area contributed by atoms with E-state index in [2.05, 4.69) is 5.32 Å². The number of carbonyl (C=O) groups excluding carboxylic acids is 1. The van der Waals surface area contributed by atoms with Gasteiger partial charge in [0.15, 0.2) is 0 Å². The Morgan fingerprint density at radius 1 is 1.47 bits per heavy atom. The van der Waals surface area contributed by atoms with E-state index in [0.29, 0.717) is 12.2 Å². The van der Waals surface area contributed by atoms with Crippen molar-refractivity contribution >= 4 is 17.4 Å². The highest BCUT2D eigenvalue weighted by molar-refractivity contribution is 5.96. The van der Waals surface area contributed by atoms with Crippen LogP contribution in [0.3, 0.4) is 0 Å². The first-order valence-electron chi connectivity index (χ1n) is 4.94. The molecule has 1 fully saturated rings. The van der Waals surface area contributed by atoms with Gasteiger partial charge in [-0.3, -0.25) is 4.90 Å². The fourth-order valence-electron chi connectivity index (χ4n) is 1.86. The number of amides is 2. The predicted molar refractivity (Wildman–Crippen MR) is 60.8 cm³/mol. The molecule has 0 atom stereocenters. The van der Waals surface area contributed by atoms with E-state index in [0.717, 1.165) is 5.69 Å². The molecule has 15 heavy (non-hydrogen) atoms. The summed E-state index contributed by atoms with van der Waals surface area (Å²) in [5.41, 5.74) is 7.01. The smallest absolute Gasteiger partial charge is 0.322 e. The Balaban J connectivity index is 2.41. The standard InChI is InChI=1S/C11H15N3O/c1-11(2)7-13-10(15)14(11)9-5-3-4-8(12)6-9/h3-6H,7,12H2,1-2H3,(H,13,15). The molecule has 1 saturated heterocycles. The van der Waals surface area contributed by atoms with Gasteiger partial charge in [0.2, 0.25) is 0 Å². The minimum atomic E-state index is -0.203.